The molecule has 0 rings (SSSR count). The van der Waals surface area contributed by atoms with E-state index in [2.05, 4.69) is 64.0 Å². The lowest BCUT2D eigenvalue weighted by atomic mass is 9.83. The molecular weight excluding hydrogens is 264 g/mol. The van der Waals surface area contributed by atoms with E-state index in [1.54, 1.807) is 12.2 Å². The third kappa shape index (κ3) is 6.90. The van der Waals surface area contributed by atoms with E-state index in [1.165, 1.54) is 11.1 Å². The molecule has 0 aliphatic rings. The minimum atomic E-state index is 0.171. The van der Waals surface area contributed by atoms with E-state index in [4.69, 9.17) is 0 Å². The molecule has 0 amide bonds. The van der Waals surface area contributed by atoms with E-state index in [-0.39, 0.29) is 5.92 Å². The molecule has 0 aromatic rings. The molecule has 0 saturated heterocycles. The van der Waals surface area contributed by atoms with Crippen molar-refractivity contribution in [2.24, 2.45) is 5.92 Å². The van der Waals surface area contributed by atoms with Crippen LogP contribution in [0.1, 0.15) is 20.8 Å². The number of hydrogen-bond acceptors (Lipinski definition) is 0. The van der Waals surface area contributed by atoms with Crippen LogP contribution in [0, 0.1) is 5.92 Å². The van der Waals surface area contributed by atoms with Gasteiger partial charge in [-0.2, -0.15) is 0 Å². The SMILES string of the molecule is C=C/C=C\C=C(/C=C)C(/C(C)=C/C=C\C)C(/C=C\C=C)=C/C. The smallest absolute Gasteiger partial charge is 0.0295 e. The molecule has 0 aromatic carbocycles. The second-order valence-electron chi connectivity index (χ2n) is 4.74. The van der Waals surface area contributed by atoms with Gasteiger partial charge in [-0.05, 0) is 31.9 Å². The van der Waals surface area contributed by atoms with Gasteiger partial charge in [-0.15, -0.1) is 0 Å². The molecule has 0 nitrogen and oxygen atoms in total. The van der Waals surface area contributed by atoms with Gasteiger partial charge in [0.25, 0.3) is 0 Å². The zero-order chi connectivity index (χ0) is 16.8. The zero-order valence-electron chi connectivity index (χ0n) is 14.1. The monoisotopic (exact) mass is 292 g/mol. The maximum absolute atomic E-state index is 3.98. The van der Waals surface area contributed by atoms with Crippen LogP contribution in [0.3, 0.4) is 0 Å². The summed E-state index contributed by atoms with van der Waals surface area (Å²) in [6, 6.07) is 0. The van der Waals surface area contributed by atoms with Gasteiger partial charge < -0.3 is 0 Å². The molecule has 0 aliphatic carbocycles. The van der Waals surface area contributed by atoms with Crippen LogP contribution < -0.4 is 0 Å². The van der Waals surface area contributed by atoms with Gasteiger partial charge in [0.2, 0.25) is 0 Å². The first-order valence-electron chi connectivity index (χ1n) is 7.52. The largest absolute Gasteiger partial charge is 0.0991 e. The average Bonchev–Trinajstić information content (AvgIpc) is 2.54. The first-order valence-corrected chi connectivity index (χ1v) is 7.52. The van der Waals surface area contributed by atoms with E-state index < -0.39 is 0 Å². The maximum Gasteiger partial charge on any atom is 0.0295 e. The molecule has 1 atom stereocenters. The highest BCUT2D eigenvalue weighted by atomic mass is 14.2. The molecule has 1 unspecified atom stereocenters. The van der Waals surface area contributed by atoms with Crippen LogP contribution in [0.5, 0.6) is 0 Å². The number of hydrogen-bond donors (Lipinski definition) is 0. The molecular formula is C22H28. The van der Waals surface area contributed by atoms with Crippen molar-refractivity contribution in [1.29, 1.82) is 0 Å². The van der Waals surface area contributed by atoms with Crippen molar-refractivity contribution in [1.82, 2.24) is 0 Å². The van der Waals surface area contributed by atoms with Crippen LogP contribution in [-0.2, 0) is 0 Å². The summed E-state index contributed by atoms with van der Waals surface area (Å²) in [6.07, 6.45) is 23.9. The Labute approximate surface area is 136 Å². The summed E-state index contributed by atoms with van der Waals surface area (Å²) >= 11 is 0. The Balaban J connectivity index is 5.96. The fourth-order valence-corrected chi connectivity index (χ4v) is 2.13. The van der Waals surface area contributed by atoms with E-state index in [0.717, 1.165) is 5.57 Å². The normalized spacial score (nSPS) is 15.7. The van der Waals surface area contributed by atoms with Crippen LogP contribution in [0.4, 0.5) is 0 Å². The van der Waals surface area contributed by atoms with Crippen LogP contribution in [0.25, 0.3) is 0 Å². The van der Waals surface area contributed by atoms with Gasteiger partial charge in [0.05, 0.1) is 0 Å². The molecule has 22 heavy (non-hydrogen) atoms. The summed E-state index contributed by atoms with van der Waals surface area (Å²) in [5.74, 6) is 0.171. The van der Waals surface area contributed by atoms with E-state index in [9.17, 15) is 0 Å². The first-order chi connectivity index (χ1) is 10.7. The van der Waals surface area contributed by atoms with Gasteiger partial charge in [-0.25, -0.2) is 0 Å². The van der Waals surface area contributed by atoms with Crippen molar-refractivity contribution < 1.29 is 0 Å². The van der Waals surface area contributed by atoms with Gasteiger partial charge >= 0.3 is 0 Å². The highest BCUT2D eigenvalue weighted by Gasteiger charge is 2.16. The van der Waals surface area contributed by atoms with Crippen molar-refractivity contribution in [3.8, 4) is 0 Å². The molecule has 0 aromatic heterocycles. The van der Waals surface area contributed by atoms with Crippen molar-refractivity contribution in [3.05, 3.63) is 109 Å². The van der Waals surface area contributed by atoms with E-state index in [1.807, 2.05) is 37.3 Å². The summed E-state index contributed by atoms with van der Waals surface area (Å²) in [5, 5.41) is 0. The van der Waals surface area contributed by atoms with E-state index >= 15 is 0 Å². The standard InChI is InChI=1S/C22H28/c1-7-12-15-18-21(11-5)22(19(6)16-13-8-2)20(10-4)17-14-9-3/h7-18,22H,1,3,5H2,2,4,6H3/b13-8-,15-12-,17-14-,19-16+,20-10+,21-18+. The third-order valence-corrected chi connectivity index (χ3v) is 3.20. The summed E-state index contributed by atoms with van der Waals surface area (Å²) < 4.78 is 0. The third-order valence-electron chi connectivity index (χ3n) is 3.20. The van der Waals surface area contributed by atoms with Crippen LogP contribution >= 0.6 is 0 Å². The van der Waals surface area contributed by atoms with Crippen molar-refractivity contribution in [2.45, 2.75) is 20.8 Å². The molecule has 0 heterocycles. The van der Waals surface area contributed by atoms with Gasteiger partial charge in [-0.1, -0.05) is 98.2 Å². The Morgan fingerprint density at radius 1 is 0.818 bits per heavy atom. The lowest BCUT2D eigenvalue weighted by Gasteiger charge is -2.21. The molecule has 0 fully saturated rings. The summed E-state index contributed by atoms with van der Waals surface area (Å²) in [5.41, 5.74) is 3.63. The second kappa shape index (κ2) is 12.4. The minimum Gasteiger partial charge on any atom is -0.0991 e. The zero-order valence-corrected chi connectivity index (χ0v) is 14.1. The first kappa shape index (κ1) is 19.7. The predicted molar refractivity (Wildman–Crippen MR) is 103 cm³/mol. The lowest BCUT2D eigenvalue weighted by molar-refractivity contribution is 0.875. The van der Waals surface area contributed by atoms with Gasteiger partial charge in [0.15, 0.2) is 0 Å². The molecule has 0 heteroatoms. The second-order valence-corrected chi connectivity index (χ2v) is 4.74. The predicted octanol–water partition coefficient (Wildman–Crippen LogP) is 6.67. The van der Waals surface area contributed by atoms with Crippen molar-refractivity contribution in [3.63, 3.8) is 0 Å². The van der Waals surface area contributed by atoms with Gasteiger partial charge in [0.1, 0.15) is 0 Å². The molecule has 0 saturated carbocycles. The maximum atomic E-state index is 3.98. The summed E-state index contributed by atoms with van der Waals surface area (Å²) in [4.78, 5) is 0. The molecule has 0 bridgehead atoms. The van der Waals surface area contributed by atoms with Gasteiger partial charge in [-0.3, -0.25) is 0 Å². The average molecular weight is 292 g/mol. The highest BCUT2D eigenvalue weighted by Crippen LogP contribution is 2.30. The summed E-state index contributed by atoms with van der Waals surface area (Å²) in [7, 11) is 0. The van der Waals surface area contributed by atoms with Crippen molar-refractivity contribution >= 4 is 0 Å². The summed E-state index contributed by atoms with van der Waals surface area (Å²) in [6.45, 7) is 17.6. The Morgan fingerprint density at radius 2 is 1.50 bits per heavy atom. The van der Waals surface area contributed by atoms with Crippen LogP contribution in [0.2, 0.25) is 0 Å². The molecule has 0 N–H and O–H groups in total. The van der Waals surface area contributed by atoms with Crippen molar-refractivity contribution in [2.75, 3.05) is 0 Å². The molecule has 0 radical (unpaired) electrons. The Kier molecular flexibility index (Phi) is 11.1. The lowest BCUT2D eigenvalue weighted by Crippen LogP contribution is -2.07. The Morgan fingerprint density at radius 3 is 2.00 bits per heavy atom. The van der Waals surface area contributed by atoms with Crippen LogP contribution in [-0.4, -0.2) is 0 Å². The number of allylic oxidation sites excluding steroid dienone is 15. The fraction of sp³-hybridized carbons (Fsp3) is 0.182. The topological polar surface area (TPSA) is 0 Å². The highest BCUT2D eigenvalue weighted by molar-refractivity contribution is 5.44. The molecule has 116 valence electrons. The van der Waals surface area contributed by atoms with Crippen LogP contribution in [0.15, 0.2) is 109 Å². The Hall–Kier alpha value is -2.34. The minimum absolute atomic E-state index is 0.171. The van der Waals surface area contributed by atoms with Gasteiger partial charge in [0, 0.05) is 5.92 Å². The van der Waals surface area contributed by atoms with E-state index in [0.29, 0.717) is 0 Å². The molecule has 0 aliphatic heterocycles. The molecule has 0 spiro atoms. The Bertz CT molecular complexity index is 543. The number of rotatable bonds is 9. The quantitative estimate of drug-likeness (QED) is 0.416. The fourth-order valence-electron chi connectivity index (χ4n) is 2.13.